The molecule has 6 heteroatoms. The standard InChI is InChI=1S/C22H22FN3O2/c1-24-9-8-21-17(14-27)13-22(26-21)16-7-10-25-18(11-16)4-3-15-12-19(28-2)5-6-20(15)23/h3-7,10-14,24,26H,8-9H2,1-2H3/b4-3+. The van der Waals surface area contributed by atoms with Crippen LogP contribution in [0, 0.1) is 5.82 Å². The highest BCUT2D eigenvalue weighted by Crippen LogP contribution is 2.23. The Bertz CT molecular complexity index is 995. The van der Waals surface area contributed by atoms with Gasteiger partial charge in [0.1, 0.15) is 11.6 Å². The number of H-pyrrole nitrogens is 1. The summed E-state index contributed by atoms with van der Waals surface area (Å²) in [6, 6.07) is 10.2. The van der Waals surface area contributed by atoms with E-state index in [0.717, 1.165) is 36.2 Å². The fourth-order valence-electron chi connectivity index (χ4n) is 2.89. The number of likely N-dealkylation sites (N-methyl/N-ethyl adjacent to an activating group) is 1. The largest absolute Gasteiger partial charge is 0.497 e. The van der Waals surface area contributed by atoms with Crippen molar-refractivity contribution in [2.75, 3.05) is 20.7 Å². The number of nitrogens with one attached hydrogen (secondary N) is 2. The van der Waals surface area contributed by atoms with Crippen LogP contribution in [0.15, 0.2) is 42.6 Å². The molecule has 2 aromatic heterocycles. The summed E-state index contributed by atoms with van der Waals surface area (Å²) >= 11 is 0. The summed E-state index contributed by atoms with van der Waals surface area (Å²) in [6.45, 7) is 0.775. The molecule has 0 radical (unpaired) electrons. The lowest BCUT2D eigenvalue weighted by molar-refractivity contribution is 0.112. The van der Waals surface area contributed by atoms with Crippen molar-refractivity contribution < 1.29 is 13.9 Å². The summed E-state index contributed by atoms with van der Waals surface area (Å²) in [4.78, 5) is 19.0. The summed E-state index contributed by atoms with van der Waals surface area (Å²) in [5, 5.41) is 3.08. The van der Waals surface area contributed by atoms with E-state index in [-0.39, 0.29) is 5.82 Å². The van der Waals surface area contributed by atoms with Crippen LogP contribution in [0.5, 0.6) is 5.75 Å². The van der Waals surface area contributed by atoms with Gasteiger partial charge >= 0.3 is 0 Å². The van der Waals surface area contributed by atoms with E-state index in [0.29, 0.717) is 22.6 Å². The Morgan fingerprint density at radius 3 is 2.79 bits per heavy atom. The van der Waals surface area contributed by atoms with Crippen molar-refractivity contribution in [3.8, 4) is 17.0 Å². The number of aldehydes is 1. The van der Waals surface area contributed by atoms with E-state index in [1.165, 1.54) is 6.07 Å². The molecule has 144 valence electrons. The number of halogens is 1. The quantitative estimate of drug-likeness (QED) is 0.581. The number of carbonyl (C=O) groups excluding carboxylic acids is 1. The van der Waals surface area contributed by atoms with Gasteiger partial charge in [-0.05, 0) is 55.6 Å². The third-order valence-electron chi connectivity index (χ3n) is 4.41. The van der Waals surface area contributed by atoms with Crippen LogP contribution in [0.1, 0.15) is 27.3 Å². The average Bonchev–Trinajstić information content (AvgIpc) is 3.15. The Kier molecular flexibility index (Phi) is 6.34. The van der Waals surface area contributed by atoms with Gasteiger partial charge in [0.15, 0.2) is 6.29 Å². The molecular formula is C22H22FN3O2. The van der Waals surface area contributed by atoms with Crippen LogP contribution in [-0.4, -0.2) is 37.0 Å². The third kappa shape index (κ3) is 4.53. The zero-order valence-corrected chi connectivity index (χ0v) is 15.8. The predicted octanol–water partition coefficient (Wildman–Crippen LogP) is 3.97. The van der Waals surface area contributed by atoms with Gasteiger partial charge in [-0.15, -0.1) is 0 Å². The Morgan fingerprint density at radius 1 is 1.18 bits per heavy atom. The number of aromatic nitrogens is 2. The molecule has 0 saturated heterocycles. The van der Waals surface area contributed by atoms with E-state index < -0.39 is 0 Å². The third-order valence-corrected chi connectivity index (χ3v) is 4.41. The Hall–Kier alpha value is -3.25. The van der Waals surface area contributed by atoms with E-state index in [9.17, 15) is 9.18 Å². The second-order valence-corrected chi connectivity index (χ2v) is 6.28. The van der Waals surface area contributed by atoms with Gasteiger partial charge in [0, 0.05) is 47.2 Å². The highest BCUT2D eigenvalue weighted by atomic mass is 19.1. The average molecular weight is 379 g/mol. The molecule has 0 bridgehead atoms. The molecule has 3 aromatic rings. The zero-order chi connectivity index (χ0) is 19.9. The molecule has 0 saturated carbocycles. The number of methoxy groups -OCH3 is 1. The molecule has 0 spiro atoms. The molecule has 3 rings (SSSR count). The summed E-state index contributed by atoms with van der Waals surface area (Å²) in [7, 11) is 3.41. The topological polar surface area (TPSA) is 67.0 Å². The Morgan fingerprint density at radius 2 is 2.04 bits per heavy atom. The number of nitrogens with zero attached hydrogens (tertiary/aromatic N) is 1. The first-order valence-electron chi connectivity index (χ1n) is 8.94. The molecule has 0 atom stereocenters. The molecule has 0 aliphatic rings. The zero-order valence-electron chi connectivity index (χ0n) is 15.8. The lowest BCUT2D eigenvalue weighted by Crippen LogP contribution is -2.11. The maximum atomic E-state index is 14.0. The van der Waals surface area contributed by atoms with Gasteiger partial charge in [-0.3, -0.25) is 9.78 Å². The van der Waals surface area contributed by atoms with E-state index in [2.05, 4.69) is 15.3 Å². The maximum absolute atomic E-state index is 14.0. The lowest BCUT2D eigenvalue weighted by atomic mass is 10.1. The number of benzene rings is 1. The highest BCUT2D eigenvalue weighted by Gasteiger charge is 2.09. The predicted molar refractivity (Wildman–Crippen MR) is 109 cm³/mol. The van der Waals surface area contributed by atoms with Gasteiger partial charge < -0.3 is 15.0 Å². The second-order valence-electron chi connectivity index (χ2n) is 6.28. The van der Waals surface area contributed by atoms with Gasteiger partial charge in [-0.2, -0.15) is 0 Å². The molecular weight excluding hydrogens is 357 g/mol. The van der Waals surface area contributed by atoms with Crippen LogP contribution in [-0.2, 0) is 6.42 Å². The first-order chi connectivity index (χ1) is 13.6. The van der Waals surface area contributed by atoms with Crippen LogP contribution in [0.25, 0.3) is 23.4 Å². The highest BCUT2D eigenvalue weighted by molar-refractivity contribution is 5.81. The SMILES string of the molecule is CNCCc1[nH]c(-c2ccnc(/C=C/c3cc(OC)ccc3F)c2)cc1C=O. The molecule has 0 unspecified atom stereocenters. The normalized spacial score (nSPS) is 11.1. The summed E-state index contributed by atoms with van der Waals surface area (Å²) in [5.74, 6) is 0.256. The van der Waals surface area contributed by atoms with E-state index in [4.69, 9.17) is 4.74 Å². The number of carbonyl (C=O) groups is 1. The molecule has 2 heterocycles. The number of hydrogen-bond donors (Lipinski definition) is 2. The smallest absolute Gasteiger partial charge is 0.151 e. The summed E-state index contributed by atoms with van der Waals surface area (Å²) in [6.07, 6.45) is 6.68. The molecule has 0 amide bonds. The van der Waals surface area contributed by atoms with Crippen LogP contribution in [0.4, 0.5) is 4.39 Å². The van der Waals surface area contributed by atoms with E-state index >= 15 is 0 Å². The molecule has 2 N–H and O–H groups in total. The van der Waals surface area contributed by atoms with Crippen molar-refractivity contribution in [1.82, 2.24) is 15.3 Å². The van der Waals surface area contributed by atoms with Gasteiger partial charge in [-0.25, -0.2) is 4.39 Å². The van der Waals surface area contributed by atoms with E-state index in [1.807, 2.05) is 25.2 Å². The fourth-order valence-corrected chi connectivity index (χ4v) is 2.89. The summed E-state index contributed by atoms with van der Waals surface area (Å²) < 4.78 is 19.1. The lowest BCUT2D eigenvalue weighted by Gasteiger charge is -2.03. The molecule has 28 heavy (non-hydrogen) atoms. The number of rotatable bonds is 8. The van der Waals surface area contributed by atoms with Gasteiger partial charge in [0.2, 0.25) is 0 Å². The van der Waals surface area contributed by atoms with Crippen molar-refractivity contribution in [3.05, 3.63) is 70.9 Å². The maximum Gasteiger partial charge on any atom is 0.151 e. The van der Waals surface area contributed by atoms with Gasteiger partial charge in [0.05, 0.1) is 12.8 Å². The molecule has 5 nitrogen and oxygen atoms in total. The number of pyridine rings is 1. The minimum absolute atomic E-state index is 0.331. The molecule has 1 aromatic carbocycles. The number of ether oxygens (including phenoxy) is 1. The first-order valence-corrected chi connectivity index (χ1v) is 8.94. The fraction of sp³-hybridized carbons (Fsp3) is 0.182. The summed E-state index contributed by atoms with van der Waals surface area (Å²) in [5.41, 5.74) is 4.39. The van der Waals surface area contributed by atoms with Crippen LogP contribution in [0.3, 0.4) is 0 Å². The number of aromatic amines is 1. The molecule has 0 aliphatic carbocycles. The van der Waals surface area contributed by atoms with Crippen LogP contribution in [0.2, 0.25) is 0 Å². The van der Waals surface area contributed by atoms with Crippen molar-refractivity contribution in [1.29, 1.82) is 0 Å². The number of hydrogen-bond acceptors (Lipinski definition) is 4. The molecule has 0 fully saturated rings. The monoisotopic (exact) mass is 379 g/mol. The van der Waals surface area contributed by atoms with Crippen LogP contribution >= 0.6 is 0 Å². The first kappa shape index (κ1) is 19.5. The minimum Gasteiger partial charge on any atom is -0.497 e. The van der Waals surface area contributed by atoms with Crippen molar-refractivity contribution in [2.45, 2.75) is 6.42 Å². The van der Waals surface area contributed by atoms with E-state index in [1.54, 1.807) is 37.6 Å². The van der Waals surface area contributed by atoms with Crippen molar-refractivity contribution in [3.63, 3.8) is 0 Å². The second kappa shape index (κ2) is 9.10. The van der Waals surface area contributed by atoms with Crippen molar-refractivity contribution in [2.24, 2.45) is 0 Å². The Balaban J connectivity index is 1.87. The minimum atomic E-state index is -0.331. The van der Waals surface area contributed by atoms with Gasteiger partial charge in [0.25, 0.3) is 0 Å². The van der Waals surface area contributed by atoms with Crippen LogP contribution < -0.4 is 10.1 Å². The molecule has 0 aliphatic heterocycles. The Labute approximate surface area is 163 Å². The van der Waals surface area contributed by atoms with Gasteiger partial charge in [-0.1, -0.05) is 0 Å². The van der Waals surface area contributed by atoms with Crippen molar-refractivity contribution >= 4 is 18.4 Å².